The molecule has 1 aromatic carbocycles. The van der Waals surface area contributed by atoms with Crippen LogP contribution >= 0.6 is 0 Å². The van der Waals surface area contributed by atoms with Crippen molar-refractivity contribution in [3.63, 3.8) is 0 Å². The number of carbonyl (C=O) groups excluding carboxylic acids is 1. The minimum Gasteiger partial charge on any atom is -0.399 e. The van der Waals surface area contributed by atoms with Gasteiger partial charge in [-0.1, -0.05) is 6.07 Å². The second-order valence-electron chi connectivity index (χ2n) is 6.17. The fraction of sp³-hybridized carbons (Fsp3) is 0.562. The van der Waals surface area contributed by atoms with Gasteiger partial charge in [-0.05, 0) is 37.5 Å². The van der Waals surface area contributed by atoms with Crippen LogP contribution in [0.25, 0.3) is 0 Å². The Hall–Kier alpha value is -1.59. The molecule has 3 rings (SSSR count). The van der Waals surface area contributed by atoms with Crippen LogP contribution in [0, 0.1) is 6.92 Å². The number of hydrogen-bond acceptors (Lipinski definition) is 4. The van der Waals surface area contributed by atoms with E-state index in [1.54, 1.807) is 0 Å². The minimum absolute atomic E-state index is 0.0450. The highest BCUT2D eigenvalue weighted by Crippen LogP contribution is 2.27. The van der Waals surface area contributed by atoms with Crippen molar-refractivity contribution in [3.05, 3.63) is 23.8 Å². The molecule has 0 spiro atoms. The third-order valence-corrected chi connectivity index (χ3v) is 4.37. The monoisotopic (exact) mass is 288 g/mol. The van der Waals surface area contributed by atoms with Gasteiger partial charge in [0.1, 0.15) is 0 Å². The zero-order valence-corrected chi connectivity index (χ0v) is 12.6. The molecular formula is C16H24N4O. The Morgan fingerprint density at radius 2 is 2.00 bits per heavy atom. The number of rotatable bonds is 4. The normalized spacial score (nSPS) is 20.4. The first kappa shape index (κ1) is 14.4. The number of hydrogen-bond donors (Lipinski definition) is 2. The third kappa shape index (κ3) is 3.74. The summed E-state index contributed by atoms with van der Waals surface area (Å²) in [5.41, 5.74) is 8.30. The molecule has 1 heterocycles. The van der Waals surface area contributed by atoms with E-state index in [1.807, 2.05) is 25.1 Å². The molecule has 0 aromatic heterocycles. The number of piperazine rings is 1. The zero-order valence-electron chi connectivity index (χ0n) is 12.6. The van der Waals surface area contributed by atoms with Crippen LogP contribution in [0.5, 0.6) is 0 Å². The molecular weight excluding hydrogens is 264 g/mol. The Labute approximate surface area is 126 Å². The average Bonchev–Trinajstić information content (AvgIpc) is 3.28. The summed E-state index contributed by atoms with van der Waals surface area (Å²) in [5.74, 6) is 0.0450. The molecule has 5 heteroatoms. The first-order valence-electron chi connectivity index (χ1n) is 7.74. The smallest absolute Gasteiger partial charge is 0.238 e. The molecule has 2 aliphatic rings. The van der Waals surface area contributed by atoms with Crippen molar-refractivity contribution in [2.75, 3.05) is 43.8 Å². The van der Waals surface area contributed by atoms with E-state index >= 15 is 0 Å². The second kappa shape index (κ2) is 6.03. The second-order valence-corrected chi connectivity index (χ2v) is 6.17. The highest BCUT2D eigenvalue weighted by Gasteiger charge is 2.31. The lowest BCUT2D eigenvalue weighted by Crippen LogP contribution is -2.49. The van der Waals surface area contributed by atoms with Crippen LogP contribution in [0.15, 0.2) is 18.2 Å². The van der Waals surface area contributed by atoms with Gasteiger partial charge in [0.2, 0.25) is 5.91 Å². The van der Waals surface area contributed by atoms with Crippen LogP contribution in [0.4, 0.5) is 11.4 Å². The molecule has 1 aromatic rings. The number of nitrogens with two attached hydrogens (primary N) is 1. The van der Waals surface area contributed by atoms with Gasteiger partial charge < -0.3 is 11.1 Å². The number of amides is 1. The van der Waals surface area contributed by atoms with Crippen molar-refractivity contribution >= 4 is 17.3 Å². The maximum Gasteiger partial charge on any atom is 0.238 e. The largest absolute Gasteiger partial charge is 0.399 e. The van der Waals surface area contributed by atoms with Crippen LogP contribution < -0.4 is 11.1 Å². The molecule has 1 aliphatic heterocycles. The molecule has 1 saturated carbocycles. The summed E-state index contributed by atoms with van der Waals surface area (Å²) < 4.78 is 0. The van der Waals surface area contributed by atoms with E-state index in [4.69, 9.17) is 5.73 Å². The van der Waals surface area contributed by atoms with Crippen LogP contribution in [0.2, 0.25) is 0 Å². The number of anilines is 2. The fourth-order valence-electron chi connectivity index (χ4n) is 2.89. The van der Waals surface area contributed by atoms with E-state index in [0.29, 0.717) is 12.2 Å². The molecule has 1 aliphatic carbocycles. The van der Waals surface area contributed by atoms with Gasteiger partial charge in [-0.25, -0.2) is 0 Å². The van der Waals surface area contributed by atoms with E-state index < -0.39 is 0 Å². The highest BCUT2D eigenvalue weighted by molar-refractivity contribution is 5.93. The Morgan fingerprint density at radius 1 is 1.29 bits per heavy atom. The quantitative estimate of drug-likeness (QED) is 0.820. The van der Waals surface area contributed by atoms with E-state index in [1.165, 1.54) is 12.8 Å². The summed E-state index contributed by atoms with van der Waals surface area (Å²) >= 11 is 0. The molecule has 0 radical (unpaired) electrons. The van der Waals surface area contributed by atoms with Crippen molar-refractivity contribution in [2.45, 2.75) is 25.8 Å². The van der Waals surface area contributed by atoms with Gasteiger partial charge in [0.15, 0.2) is 0 Å². The predicted octanol–water partition coefficient (Wildman–Crippen LogP) is 1.30. The van der Waals surface area contributed by atoms with Crippen molar-refractivity contribution in [1.82, 2.24) is 9.80 Å². The number of benzene rings is 1. The highest BCUT2D eigenvalue weighted by atomic mass is 16.2. The zero-order chi connectivity index (χ0) is 14.8. The summed E-state index contributed by atoms with van der Waals surface area (Å²) in [6.45, 7) is 6.60. The van der Waals surface area contributed by atoms with Crippen LogP contribution in [0.1, 0.15) is 18.4 Å². The number of nitrogens with one attached hydrogen (secondary N) is 1. The molecule has 2 fully saturated rings. The van der Waals surface area contributed by atoms with Gasteiger partial charge in [0.05, 0.1) is 6.54 Å². The molecule has 114 valence electrons. The fourth-order valence-corrected chi connectivity index (χ4v) is 2.89. The number of carbonyl (C=O) groups is 1. The summed E-state index contributed by atoms with van der Waals surface area (Å²) in [6.07, 6.45) is 2.71. The lowest BCUT2D eigenvalue weighted by atomic mass is 10.2. The first-order valence-corrected chi connectivity index (χ1v) is 7.74. The van der Waals surface area contributed by atoms with Crippen LogP contribution in [-0.2, 0) is 4.79 Å². The standard InChI is InChI=1S/C16H24N4O/c1-12-2-3-13(17)10-15(12)18-16(21)11-19-6-8-20(9-7-19)14-4-5-14/h2-3,10,14H,4-9,11,17H2,1H3,(H,18,21). The Balaban J connectivity index is 1.49. The molecule has 0 atom stereocenters. The summed E-state index contributed by atoms with van der Waals surface area (Å²) in [5, 5.41) is 2.97. The first-order chi connectivity index (χ1) is 10.1. The molecule has 21 heavy (non-hydrogen) atoms. The van der Waals surface area contributed by atoms with Crippen molar-refractivity contribution in [3.8, 4) is 0 Å². The third-order valence-electron chi connectivity index (χ3n) is 4.37. The van der Waals surface area contributed by atoms with E-state index in [9.17, 15) is 4.79 Å². The lowest BCUT2D eigenvalue weighted by Gasteiger charge is -2.34. The van der Waals surface area contributed by atoms with Crippen molar-refractivity contribution < 1.29 is 4.79 Å². The van der Waals surface area contributed by atoms with Crippen LogP contribution in [0.3, 0.4) is 0 Å². The maximum atomic E-state index is 12.2. The van der Waals surface area contributed by atoms with E-state index in [-0.39, 0.29) is 5.91 Å². The summed E-state index contributed by atoms with van der Waals surface area (Å²) in [6, 6.07) is 6.43. The van der Waals surface area contributed by atoms with Crippen LogP contribution in [-0.4, -0.2) is 54.5 Å². The topological polar surface area (TPSA) is 61.6 Å². The molecule has 1 saturated heterocycles. The SMILES string of the molecule is Cc1ccc(N)cc1NC(=O)CN1CCN(C2CC2)CC1. The molecule has 0 unspecified atom stereocenters. The molecule has 1 amide bonds. The van der Waals surface area contributed by atoms with Gasteiger partial charge in [-0.3, -0.25) is 14.6 Å². The Kier molecular flexibility index (Phi) is 4.12. The summed E-state index contributed by atoms with van der Waals surface area (Å²) in [4.78, 5) is 16.9. The Morgan fingerprint density at radius 3 is 2.67 bits per heavy atom. The maximum absolute atomic E-state index is 12.2. The van der Waals surface area contributed by atoms with Gasteiger partial charge >= 0.3 is 0 Å². The van der Waals surface area contributed by atoms with Crippen molar-refractivity contribution in [1.29, 1.82) is 0 Å². The lowest BCUT2D eigenvalue weighted by molar-refractivity contribution is -0.117. The van der Waals surface area contributed by atoms with Gasteiger partial charge in [-0.2, -0.15) is 0 Å². The van der Waals surface area contributed by atoms with E-state index in [0.717, 1.165) is 43.5 Å². The minimum atomic E-state index is 0.0450. The predicted molar refractivity (Wildman–Crippen MR) is 85.3 cm³/mol. The number of nitrogen functional groups attached to an aromatic ring is 1. The molecule has 5 nitrogen and oxygen atoms in total. The van der Waals surface area contributed by atoms with Gasteiger partial charge in [-0.15, -0.1) is 0 Å². The van der Waals surface area contributed by atoms with Crippen molar-refractivity contribution in [2.24, 2.45) is 0 Å². The van der Waals surface area contributed by atoms with Gasteiger partial charge in [0.25, 0.3) is 0 Å². The number of aryl methyl sites for hydroxylation is 1. The number of nitrogens with zero attached hydrogens (tertiary/aromatic N) is 2. The average molecular weight is 288 g/mol. The summed E-state index contributed by atoms with van der Waals surface area (Å²) in [7, 11) is 0. The van der Waals surface area contributed by atoms with E-state index in [2.05, 4.69) is 15.1 Å². The Bertz CT molecular complexity index is 519. The molecule has 0 bridgehead atoms. The van der Waals surface area contributed by atoms with Gasteiger partial charge in [0, 0.05) is 43.6 Å². The molecule has 3 N–H and O–H groups in total.